The van der Waals surface area contributed by atoms with Crippen LogP contribution in [0.5, 0.6) is 0 Å². The van der Waals surface area contributed by atoms with Crippen molar-refractivity contribution < 1.29 is 30.8 Å². The van der Waals surface area contributed by atoms with E-state index in [0.29, 0.717) is 18.2 Å². The first kappa shape index (κ1) is 16.6. The summed E-state index contributed by atoms with van der Waals surface area (Å²) in [6.07, 6.45) is -4.30. The van der Waals surface area contributed by atoms with Gasteiger partial charge in [0.15, 0.2) is 5.78 Å². The van der Waals surface area contributed by atoms with Gasteiger partial charge in [0.2, 0.25) is 0 Å². The summed E-state index contributed by atoms with van der Waals surface area (Å²) in [5.41, 5.74) is -1.99. The van der Waals surface area contributed by atoms with E-state index in [1.165, 1.54) is 0 Å². The van der Waals surface area contributed by atoms with E-state index >= 15 is 0 Å². The molecule has 0 amide bonds. The molecule has 0 unspecified atom stereocenters. The molecule has 112 valence electrons. The minimum atomic E-state index is -4.77. The van der Waals surface area contributed by atoms with Gasteiger partial charge in [-0.15, -0.1) is 0 Å². The molecule has 3 nitrogen and oxygen atoms in total. The monoisotopic (exact) mass is 312 g/mol. The summed E-state index contributed by atoms with van der Waals surface area (Å²) in [5.74, 6) is -2.19. The Balaban J connectivity index is 2.95. The number of hydrogen-bond acceptors (Lipinski definition) is 3. The van der Waals surface area contributed by atoms with Crippen molar-refractivity contribution in [1.82, 2.24) is 0 Å². The number of hydrogen-bond donors (Lipinski definition) is 0. The summed E-state index contributed by atoms with van der Waals surface area (Å²) in [4.78, 5) is 11.7. The third kappa shape index (κ3) is 4.92. The van der Waals surface area contributed by atoms with Crippen LogP contribution in [-0.4, -0.2) is 26.2 Å². The SMILES string of the molecule is CS(=O)(=O)CCCC(=O)c1cc(F)ccc1C(F)(F)F. The molecule has 0 aliphatic heterocycles. The van der Waals surface area contributed by atoms with E-state index in [-0.39, 0.29) is 18.6 Å². The average molecular weight is 312 g/mol. The van der Waals surface area contributed by atoms with Crippen LogP contribution in [0.25, 0.3) is 0 Å². The molecule has 0 radical (unpaired) electrons. The summed E-state index contributed by atoms with van der Waals surface area (Å²) in [6.45, 7) is 0. The average Bonchev–Trinajstić information content (AvgIpc) is 2.25. The maximum Gasteiger partial charge on any atom is 0.417 e. The highest BCUT2D eigenvalue weighted by atomic mass is 32.2. The largest absolute Gasteiger partial charge is 0.417 e. The van der Waals surface area contributed by atoms with E-state index in [2.05, 4.69) is 0 Å². The highest BCUT2D eigenvalue weighted by Gasteiger charge is 2.35. The topological polar surface area (TPSA) is 51.2 Å². The lowest BCUT2D eigenvalue weighted by atomic mass is 10.0. The second-order valence-electron chi connectivity index (χ2n) is 4.34. The van der Waals surface area contributed by atoms with Crippen LogP contribution in [0.3, 0.4) is 0 Å². The van der Waals surface area contributed by atoms with Crippen molar-refractivity contribution in [3.8, 4) is 0 Å². The number of halogens is 4. The van der Waals surface area contributed by atoms with Crippen molar-refractivity contribution in [1.29, 1.82) is 0 Å². The fraction of sp³-hybridized carbons (Fsp3) is 0.417. The molecular formula is C12H12F4O3S. The first-order valence-electron chi connectivity index (χ1n) is 5.58. The molecule has 0 N–H and O–H groups in total. The summed E-state index contributed by atoms with van der Waals surface area (Å²) in [5, 5.41) is 0. The molecule has 0 fully saturated rings. The van der Waals surface area contributed by atoms with Crippen molar-refractivity contribution in [2.45, 2.75) is 19.0 Å². The number of sulfone groups is 1. The zero-order valence-electron chi connectivity index (χ0n) is 10.5. The van der Waals surface area contributed by atoms with Crippen LogP contribution in [0.4, 0.5) is 17.6 Å². The van der Waals surface area contributed by atoms with Gasteiger partial charge in [0.1, 0.15) is 15.7 Å². The number of rotatable bonds is 5. The smallest absolute Gasteiger partial charge is 0.294 e. The summed E-state index contributed by atoms with van der Waals surface area (Å²) in [6, 6.07) is 1.64. The van der Waals surface area contributed by atoms with Crippen LogP contribution in [0.1, 0.15) is 28.8 Å². The molecule has 8 heteroatoms. The summed E-state index contributed by atoms with van der Waals surface area (Å²) in [7, 11) is -3.30. The Morgan fingerprint density at radius 2 is 1.85 bits per heavy atom. The highest BCUT2D eigenvalue weighted by Crippen LogP contribution is 2.33. The number of benzene rings is 1. The number of carbonyl (C=O) groups is 1. The molecule has 0 aromatic heterocycles. The zero-order valence-corrected chi connectivity index (χ0v) is 11.3. The van der Waals surface area contributed by atoms with Gasteiger partial charge in [-0.2, -0.15) is 13.2 Å². The van der Waals surface area contributed by atoms with Crippen LogP contribution >= 0.6 is 0 Å². The Kier molecular flexibility index (Phi) is 4.90. The molecule has 0 saturated heterocycles. The molecule has 0 aliphatic rings. The van der Waals surface area contributed by atoms with Crippen LogP contribution in [0.2, 0.25) is 0 Å². The fourth-order valence-corrected chi connectivity index (χ4v) is 2.29. The Morgan fingerprint density at radius 1 is 1.25 bits per heavy atom. The normalized spacial score (nSPS) is 12.4. The molecule has 1 aromatic rings. The van der Waals surface area contributed by atoms with Crippen molar-refractivity contribution >= 4 is 15.6 Å². The van der Waals surface area contributed by atoms with E-state index in [1.807, 2.05) is 0 Å². The zero-order chi connectivity index (χ0) is 15.6. The molecule has 0 aliphatic carbocycles. The molecule has 20 heavy (non-hydrogen) atoms. The second-order valence-corrected chi connectivity index (χ2v) is 6.60. The van der Waals surface area contributed by atoms with Crippen molar-refractivity contribution in [3.05, 3.63) is 35.1 Å². The fourth-order valence-electron chi connectivity index (χ4n) is 1.62. The molecule has 0 bridgehead atoms. The predicted molar refractivity (Wildman–Crippen MR) is 64.7 cm³/mol. The van der Waals surface area contributed by atoms with Gasteiger partial charge in [-0.05, 0) is 24.6 Å². The third-order valence-electron chi connectivity index (χ3n) is 2.51. The maximum atomic E-state index is 13.0. The minimum Gasteiger partial charge on any atom is -0.294 e. The van der Waals surface area contributed by atoms with Gasteiger partial charge in [0.05, 0.1) is 11.3 Å². The van der Waals surface area contributed by atoms with Gasteiger partial charge in [-0.1, -0.05) is 0 Å². The highest BCUT2D eigenvalue weighted by molar-refractivity contribution is 7.90. The lowest BCUT2D eigenvalue weighted by Gasteiger charge is -2.12. The summed E-state index contributed by atoms with van der Waals surface area (Å²) >= 11 is 0. The van der Waals surface area contributed by atoms with Gasteiger partial charge in [-0.3, -0.25) is 4.79 Å². The molecule has 0 spiro atoms. The minimum absolute atomic E-state index is 0.106. The van der Waals surface area contributed by atoms with Crippen LogP contribution in [0, 0.1) is 5.82 Å². The van der Waals surface area contributed by atoms with E-state index in [1.54, 1.807) is 0 Å². The van der Waals surface area contributed by atoms with Crippen molar-refractivity contribution in [3.63, 3.8) is 0 Å². The third-order valence-corrected chi connectivity index (χ3v) is 3.54. The molecule has 0 atom stereocenters. The van der Waals surface area contributed by atoms with Crippen molar-refractivity contribution in [2.24, 2.45) is 0 Å². The Hall–Kier alpha value is -1.44. The first-order chi connectivity index (χ1) is 9.00. The van der Waals surface area contributed by atoms with Gasteiger partial charge < -0.3 is 0 Å². The number of alkyl halides is 3. The van der Waals surface area contributed by atoms with Gasteiger partial charge in [0, 0.05) is 18.2 Å². The van der Waals surface area contributed by atoms with Crippen LogP contribution < -0.4 is 0 Å². The lowest BCUT2D eigenvalue weighted by Crippen LogP contribution is -2.14. The van der Waals surface area contributed by atoms with Gasteiger partial charge in [0.25, 0.3) is 0 Å². The van der Waals surface area contributed by atoms with E-state index in [9.17, 15) is 30.8 Å². The quantitative estimate of drug-likeness (QED) is 0.620. The predicted octanol–water partition coefficient (Wildman–Crippen LogP) is 2.85. The van der Waals surface area contributed by atoms with E-state index in [0.717, 1.165) is 6.26 Å². The van der Waals surface area contributed by atoms with E-state index < -0.39 is 38.7 Å². The Bertz CT molecular complexity index is 606. The van der Waals surface area contributed by atoms with E-state index in [4.69, 9.17) is 0 Å². The molecule has 1 rings (SSSR count). The summed E-state index contributed by atoms with van der Waals surface area (Å²) < 4.78 is 72.8. The number of ketones is 1. The van der Waals surface area contributed by atoms with Crippen LogP contribution in [0.15, 0.2) is 18.2 Å². The Labute approximate surface area is 113 Å². The lowest BCUT2D eigenvalue weighted by molar-refractivity contribution is -0.137. The van der Waals surface area contributed by atoms with Crippen molar-refractivity contribution in [2.75, 3.05) is 12.0 Å². The molecule has 0 heterocycles. The first-order valence-corrected chi connectivity index (χ1v) is 7.64. The number of Topliss-reactive ketones (excluding diaryl/α,β-unsaturated/α-hetero) is 1. The number of carbonyl (C=O) groups excluding carboxylic acids is 1. The Morgan fingerprint density at radius 3 is 2.35 bits per heavy atom. The molecule has 0 saturated carbocycles. The molecule has 1 aromatic carbocycles. The maximum absolute atomic E-state index is 13.0. The van der Waals surface area contributed by atoms with Gasteiger partial charge in [-0.25, -0.2) is 12.8 Å². The van der Waals surface area contributed by atoms with Gasteiger partial charge >= 0.3 is 6.18 Å². The standard InChI is InChI=1S/C12H12F4O3S/c1-20(18,19)6-2-3-11(17)9-7-8(13)4-5-10(9)12(14,15)16/h4-5,7H,2-3,6H2,1H3. The second kappa shape index (κ2) is 5.90. The van der Waals surface area contributed by atoms with Crippen LogP contribution in [-0.2, 0) is 16.0 Å². The molecular weight excluding hydrogens is 300 g/mol.